The number of aliphatic carboxylic acids is 1. The summed E-state index contributed by atoms with van der Waals surface area (Å²) in [4.78, 5) is 14.9. The van der Waals surface area contributed by atoms with E-state index in [1.807, 2.05) is 13.0 Å². The predicted molar refractivity (Wildman–Crippen MR) is 53.8 cm³/mol. The molecule has 0 aliphatic rings. The fourth-order valence-corrected chi connectivity index (χ4v) is 1.37. The Bertz CT molecular complexity index is 518. The number of nitrogens with zero attached hydrogens (tertiary/aromatic N) is 3. The Hall–Kier alpha value is -1.91. The van der Waals surface area contributed by atoms with Gasteiger partial charge in [-0.3, -0.25) is 4.79 Å². The second-order valence-electron chi connectivity index (χ2n) is 3.49. The van der Waals surface area contributed by atoms with E-state index in [0.717, 1.165) is 5.69 Å². The summed E-state index contributed by atoms with van der Waals surface area (Å²) in [5, 5.41) is 13.1. The van der Waals surface area contributed by atoms with Crippen molar-refractivity contribution in [3.05, 3.63) is 29.7 Å². The standard InChI is InChI=1S/C10H11N3O2/c1-6-3-4-11-9-5-8(12-13(6)9)7(2)10(14)15/h3-5,7H,1-2H3,(H,14,15). The van der Waals surface area contributed by atoms with E-state index in [2.05, 4.69) is 10.1 Å². The van der Waals surface area contributed by atoms with Gasteiger partial charge in [0.05, 0.1) is 11.6 Å². The van der Waals surface area contributed by atoms with Crippen LogP contribution in [0.15, 0.2) is 18.3 Å². The van der Waals surface area contributed by atoms with E-state index < -0.39 is 11.9 Å². The van der Waals surface area contributed by atoms with Gasteiger partial charge < -0.3 is 5.11 Å². The maximum absolute atomic E-state index is 10.8. The molecule has 2 aromatic rings. The van der Waals surface area contributed by atoms with Gasteiger partial charge in [0.25, 0.3) is 0 Å². The highest BCUT2D eigenvalue weighted by Crippen LogP contribution is 2.15. The number of hydrogen-bond donors (Lipinski definition) is 1. The molecule has 0 spiro atoms. The molecule has 0 saturated carbocycles. The van der Waals surface area contributed by atoms with Crippen molar-refractivity contribution in [3.63, 3.8) is 0 Å². The molecule has 1 unspecified atom stereocenters. The number of carbonyl (C=O) groups is 1. The molecule has 0 aliphatic carbocycles. The molecule has 0 amide bonds. The van der Waals surface area contributed by atoms with Crippen molar-refractivity contribution in [2.75, 3.05) is 0 Å². The highest BCUT2D eigenvalue weighted by molar-refractivity contribution is 5.75. The van der Waals surface area contributed by atoms with Gasteiger partial charge >= 0.3 is 5.97 Å². The van der Waals surface area contributed by atoms with Crippen LogP contribution in [0.5, 0.6) is 0 Å². The number of fused-ring (bicyclic) bond motifs is 1. The average molecular weight is 205 g/mol. The van der Waals surface area contributed by atoms with Crippen LogP contribution in [0.1, 0.15) is 24.2 Å². The van der Waals surface area contributed by atoms with Crippen molar-refractivity contribution >= 4 is 11.6 Å². The SMILES string of the molecule is Cc1ccnc2cc(C(C)C(=O)O)nn12. The molecule has 5 heteroatoms. The topological polar surface area (TPSA) is 67.5 Å². The lowest BCUT2D eigenvalue weighted by atomic mass is 10.1. The first kappa shape index (κ1) is 9.64. The molecule has 15 heavy (non-hydrogen) atoms. The van der Waals surface area contributed by atoms with Gasteiger partial charge in [-0.25, -0.2) is 9.50 Å². The van der Waals surface area contributed by atoms with Crippen molar-refractivity contribution in [1.82, 2.24) is 14.6 Å². The fraction of sp³-hybridized carbons (Fsp3) is 0.300. The quantitative estimate of drug-likeness (QED) is 0.800. The third-order valence-corrected chi connectivity index (χ3v) is 2.38. The van der Waals surface area contributed by atoms with Crippen LogP contribution in [0.3, 0.4) is 0 Å². The minimum Gasteiger partial charge on any atom is -0.481 e. The third kappa shape index (κ3) is 1.56. The van der Waals surface area contributed by atoms with E-state index in [-0.39, 0.29) is 0 Å². The highest BCUT2D eigenvalue weighted by Gasteiger charge is 2.17. The normalized spacial score (nSPS) is 12.9. The number of aromatic nitrogens is 3. The lowest BCUT2D eigenvalue weighted by molar-refractivity contribution is -0.138. The van der Waals surface area contributed by atoms with E-state index in [4.69, 9.17) is 5.11 Å². The van der Waals surface area contributed by atoms with Crippen LogP contribution in [0.4, 0.5) is 0 Å². The first-order valence-corrected chi connectivity index (χ1v) is 4.63. The molecule has 1 N–H and O–H groups in total. The van der Waals surface area contributed by atoms with E-state index in [0.29, 0.717) is 11.3 Å². The van der Waals surface area contributed by atoms with Crippen LogP contribution in [0.2, 0.25) is 0 Å². The molecule has 1 atom stereocenters. The van der Waals surface area contributed by atoms with Gasteiger partial charge in [0, 0.05) is 18.0 Å². The fourth-order valence-electron chi connectivity index (χ4n) is 1.37. The number of carboxylic acid groups (broad SMARTS) is 1. The predicted octanol–water partition coefficient (Wildman–Crippen LogP) is 1.23. The summed E-state index contributed by atoms with van der Waals surface area (Å²) < 4.78 is 1.65. The smallest absolute Gasteiger partial charge is 0.312 e. The van der Waals surface area contributed by atoms with Crippen molar-refractivity contribution in [1.29, 1.82) is 0 Å². The highest BCUT2D eigenvalue weighted by atomic mass is 16.4. The van der Waals surface area contributed by atoms with Gasteiger partial charge in [0.15, 0.2) is 5.65 Å². The molecule has 0 bridgehead atoms. The summed E-state index contributed by atoms with van der Waals surface area (Å²) in [6, 6.07) is 3.53. The largest absolute Gasteiger partial charge is 0.481 e. The minimum atomic E-state index is -0.879. The molecule has 0 fully saturated rings. The summed E-state index contributed by atoms with van der Waals surface area (Å²) >= 11 is 0. The lowest BCUT2D eigenvalue weighted by Crippen LogP contribution is -2.08. The number of rotatable bonds is 2. The lowest BCUT2D eigenvalue weighted by Gasteiger charge is -1.99. The van der Waals surface area contributed by atoms with Crippen LogP contribution in [-0.4, -0.2) is 25.7 Å². The molecular formula is C10H11N3O2. The van der Waals surface area contributed by atoms with Crippen LogP contribution in [0.25, 0.3) is 5.65 Å². The summed E-state index contributed by atoms with van der Waals surface area (Å²) in [6.07, 6.45) is 1.68. The monoisotopic (exact) mass is 205 g/mol. The molecule has 0 aliphatic heterocycles. The van der Waals surface area contributed by atoms with Gasteiger partial charge in [-0.05, 0) is 19.9 Å². The number of aryl methyl sites for hydroxylation is 1. The van der Waals surface area contributed by atoms with Crippen molar-refractivity contribution in [3.8, 4) is 0 Å². The van der Waals surface area contributed by atoms with E-state index in [1.54, 1.807) is 23.7 Å². The maximum atomic E-state index is 10.8. The van der Waals surface area contributed by atoms with Gasteiger partial charge in [0.2, 0.25) is 0 Å². The summed E-state index contributed by atoms with van der Waals surface area (Å²) in [5.74, 6) is -1.48. The molecule has 2 aromatic heterocycles. The van der Waals surface area contributed by atoms with Gasteiger partial charge in [-0.1, -0.05) is 0 Å². The second kappa shape index (κ2) is 3.34. The third-order valence-electron chi connectivity index (χ3n) is 2.38. The van der Waals surface area contributed by atoms with Crippen molar-refractivity contribution in [2.24, 2.45) is 0 Å². The van der Waals surface area contributed by atoms with Crippen LogP contribution in [0, 0.1) is 6.92 Å². The molecule has 78 valence electrons. The van der Waals surface area contributed by atoms with E-state index >= 15 is 0 Å². The average Bonchev–Trinajstić information content (AvgIpc) is 2.61. The molecule has 0 aromatic carbocycles. The Morgan fingerprint density at radius 2 is 2.33 bits per heavy atom. The molecular weight excluding hydrogens is 194 g/mol. The van der Waals surface area contributed by atoms with Gasteiger partial charge in [-0.2, -0.15) is 5.10 Å². The molecule has 0 radical (unpaired) electrons. The van der Waals surface area contributed by atoms with Crippen LogP contribution < -0.4 is 0 Å². The molecule has 0 saturated heterocycles. The van der Waals surface area contributed by atoms with Crippen LogP contribution in [-0.2, 0) is 4.79 Å². The number of hydrogen-bond acceptors (Lipinski definition) is 3. The van der Waals surface area contributed by atoms with Gasteiger partial charge in [0.1, 0.15) is 0 Å². The zero-order valence-electron chi connectivity index (χ0n) is 8.51. The molecule has 5 nitrogen and oxygen atoms in total. The maximum Gasteiger partial charge on any atom is 0.312 e. The zero-order chi connectivity index (χ0) is 11.0. The first-order valence-electron chi connectivity index (χ1n) is 4.63. The summed E-state index contributed by atoms with van der Waals surface area (Å²) in [6.45, 7) is 3.51. The second-order valence-corrected chi connectivity index (χ2v) is 3.49. The molecule has 2 heterocycles. The minimum absolute atomic E-state index is 0.532. The Kier molecular flexibility index (Phi) is 2.15. The van der Waals surface area contributed by atoms with Gasteiger partial charge in [-0.15, -0.1) is 0 Å². The Labute approximate surface area is 86.4 Å². The van der Waals surface area contributed by atoms with Crippen molar-refractivity contribution in [2.45, 2.75) is 19.8 Å². The Morgan fingerprint density at radius 1 is 1.60 bits per heavy atom. The number of carboxylic acids is 1. The van der Waals surface area contributed by atoms with E-state index in [1.165, 1.54) is 0 Å². The zero-order valence-corrected chi connectivity index (χ0v) is 8.51. The summed E-state index contributed by atoms with van der Waals surface area (Å²) in [7, 11) is 0. The molecule has 2 rings (SSSR count). The van der Waals surface area contributed by atoms with Crippen LogP contribution >= 0.6 is 0 Å². The Morgan fingerprint density at radius 3 is 2.93 bits per heavy atom. The first-order chi connectivity index (χ1) is 7.09. The van der Waals surface area contributed by atoms with Crippen molar-refractivity contribution < 1.29 is 9.90 Å². The summed E-state index contributed by atoms with van der Waals surface area (Å²) in [5.41, 5.74) is 2.14. The Balaban J connectivity index is 2.56. The van der Waals surface area contributed by atoms with E-state index in [9.17, 15) is 4.79 Å².